The van der Waals surface area contributed by atoms with E-state index in [0.717, 1.165) is 76.8 Å². The fourth-order valence-corrected chi connectivity index (χ4v) is 7.71. The zero-order chi connectivity index (χ0) is 34.9. The van der Waals surface area contributed by atoms with Crippen molar-refractivity contribution in [2.24, 2.45) is 0 Å². The van der Waals surface area contributed by atoms with Crippen molar-refractivity contribution >= 4 is 65.2 Å². The molecule has 3 aromatic heterocycles. The van der Waals surface area contributed by atoms with Crippen molar-refractivity contribution in [2.75, 3.05) is 0 Å². The minimum absolute atomic E-state index is 0.629. The van der Waals surface area contributed by atoms with E-state index in [1.807, 2.05) is 42.6 Å². The van der Waals surface area contributed by atoms with Crippen molar-refractivity contribution in [3.63, 3.8) is 0 Å². The second-order valence-corrected chi connectivity index (χ2v) is 13.5. The fourth-order valence-electron chi connectivity index (χ4n) is 7.71. The number of aromatic nitrogens is 4. The summed E-state index contributed by atoms with van der Waals surface area (Å²) < 4.78 is 6.32. The lowest BCUT2D eigenvalue weighted by Crippen LogP contribution is -2.00. The van der Waals surface area contributed by atoms with Crippen LogP contribution in [0.25, 0.3) is 110 Å². The lowest BCUT2D eigenvalue weighted by atomic mass is 9.96. The zero-order valence-corrected chi connectivity index (χ0v) is 28.4. The molecule has 0 N–H and O–H groups in total. The van der Waals surface area contributed by atoms with Crippen LogP contribution in [0.4, 0.5) is 0 Å². The molecule has 11 rings (SSSR count). The highest BCUT2D eigenvalue weighted by Crippen LogP contribution is 2.37. The van der Waals surface area contributed by atoms with Gasteiger partial charge in [0.1, 0.15) is 11.1 Å². The lowest BCUT2D eigenvalue weighted by molar-refractivity contribution is 0.668. The first kappa shape index (κ1) is 29.5. The number of fused-ring (bicyclic) bond motifs is 9. The molecule has 0 spiro atoms. The standard InChI is InChI=1S/C48H28N4O/c1-2-11-30(12-3-1)46-50-47(52-48(51-46)41-26-34-13-5-6-14-37(34)39-16-8-9-17-40(39)41)35-21-20-31-24-33(19-18-32(31)25-35)36-27-43-45(49-28-36)44-38-15-7-4-10-29(38)22-23-42(44)53-43/h1-28H. The monoisotopic (exact) mass is 676 g/mol. The van der Waals surface area contributed by atoms with Crippen molar-refractivity contribution in [2.45, 2.75) is 0 Å². The number of furan rings is 1. The number of hydrogen-bond acceptors (Lipinski definition) is 5. The second-order valence-electron chi connectivity index (χ2n) is 13.5. The smallest absolute Gasteiger partial charge is 0.164 e. The molecular weight excluding hydrogens is 649 g/mol. The Balaban J connectivity index is 1.02. The molecule has 0 aliphatic carbocycles. The van der Waals surface area contributed by atoms with Gasteiger partial charge in [0.05, 0.1) is 5.39 Å². The molecule has 0 fully saturated rings. The summed E-state index contributed by atoms with van der Waals surface area (Å²) in [6.45, 7) is 0. The van der Waals surface area contributed by atoms with Gasteiger partial charge >= 0.3 is 0 Å². The number of rotatable bonds is 4. The van der Waals surface area contributed by atoms with Crippen LogP contribution in [0.1, 0.15) is 0 Å². The molecule has 5 heteroatoms. The first-order valence-corrected chi connectivity index (χ1v) is 17.7. The van der Waals surface area contributed by atoms with E-state index in [2.05, 4.69) is 127 Å². The maximum atomic E-state index is 6.32. The Bertz CT molecular complexity index is 3240. The van der Waals surface area contributed by atoms with E-state index in [1.165, 1.54) is 16.2 Å². The van der Waals surface area contributed by atoms with Crippen LogP contribution in [0.2, 0.25) is 0 Å². The van der Waals surface area contributed by atoms with E-state index in [-0.39, 0.29) is 0 Å². The predicted molar refractivity (Wildman–Crippen MR) is 217 cm³/mol. The average Bonchev–Trinajstić information content (AvgIpc) is 3.62. The maximum absolute atomic E-state index is 6.32. The SMILES string of the molecule is c1ccc(-c2nc(-c3ccc4cc(-c5cnc6c(c5)oc5ccc7ccccc7c56)ccc4c3)nc(-c3cc4ccccc4c4ccccc34)n2)cc1. The molecule has 0 saturated carbocycles. The van der Waals surface area contributed by atoms with Gasteiger partial charge in [-0.2, -0.15) is 0 Å². The topological polar surface area (TPSA) is 64.7 Å². The van der Waals surface area contributed by atoms with Gasteiger partial charge < -0.3 is 4.42 Å². The zero-order valence-electron chi connectivity index (χ0n) is 28.4. The molecular formula is C48H28N4O. The maximum Gasteiger partial charge on any atom is 0.164 e. The van der Waals surface area contributed by atoms with Gasteiger partial charge in [0.2, 0.25) is 0 Å². The third kappa shape index (κ3) is 4.86. The molecule has 246 valence electrons. The molecule has 11 aromatic rings. The average molecular weight is 677 g/mol. The van der Waals surface area contributed by atoms with E-state index in [0.29, 0.717) is 17.5 Å². The van der Waals surface area contributed by atoms with Crippen LogP contribution in [0.3, 0.4) is 0 Å². The molecule has 0 aliphatic rings. The Labute approximate surface area is 303 Å². The van der Waals surface area contributed by atoms with Crippen molar-refractivity contribution in [3.8, 4) is 45.3 Å². The number of hydrogen-bond donors (Lipinski definition) is 0. The molecule has 53 heavy (non-hydrogen) atoms. The summed E-state index contributed by atoms with van der Waals surface area (Å²) >= 11 is 0. The third-order valence-corrected chi connectivity index (χ3v) is 10.3. The highest BCUT2D eigenvalue weighted by molar-refractivity contribution is 6.17. The summed E-state index contributed by atoms with van der Waals surface area (Å²) in [5.41, 5.74) is 7.43. The lowest BCUT2D eigenvalue weighted by Gasteiger charge is -2.13. The fraction of sp³-hybridized carbons (Fsp3) is 0. The normalized spacial score (nSPS) is 11.8. The van der Waals surface area contributed by atoms with Crippen LogP contribution >= 0.6 is 0 Å². The van der Waals surface area contributed by atoms with Gasteiger partial charge in [0.25, 0.3) is 0 Å². The quantitative estimate of drug-likeness (QED) is 0.174. The van der Waals surface area contributed by atoms with E-state index >= 15 is 0 Å². The van der Waals surface area contributed by atoms with Gasteiger partial charge in [0, 0.05) is 28.5 Å². The molecule has 0 atom stereocenters. The molecule has 0 radical (unpaired) electrons. The minimum Gasteiger partial charge on any atom is -0.454 e. The second kappa shape index (κ2) is 11.7. The van der Waals surface area contributed by atoms with Crippen LogP contribution in [-0.2, 0) is 0 Å². The number of pyridine rings is 1. The molecule has 0 unspecified atom stereocenters. The van der Waals surface area contributed by atoms with Gasteiger partial charge in [-0.3, -0.25) is 4.98 Å². The molecule has 0 saturated heterocycles. The van der Waals surface area contributed by atoms with Crippen molar-refractivity contribution in [3.05, 3.63) is 170 Å². The van der Waals surface area contributed by atoms with E-state index in [9.17, 15) is 0 Å². The van der Waals surface area contributed by atoms with Crippen molar-refractivity contribution in [1.29, 1.82) is 0 Å². The van der Waals surface area contributed by atoms with Crippen LogP contribution in [0.15, 0.2) is 174 Å². The summed E-state index contributed by atoms with van der Waals surface area (Å²) in [7, 11) is 0. The van der Waals surface area contributed by atoms with Gasteiger partial charge in [-0.1, -0.05) is 133 Å². The summed E-state index contributed by atoms with van der Waals surface area (Å²) in [6.07, 6.45) is 1.95. The van der Waals surface area contributed by atoms with Crippen molar-refractivity contribution < 1.29 is 4.42 Å². The molecule has 8 aromatic carbocycles. The Hall–Kier alpha value is -7.24. The summed E-state index contributed by atoms with van der Waals surface area (Å²) in [5.74, 6) is 1.91. The Morgan fingerprint density at radius 3 is 1.81 bits per heavy atom. The third-order valence-electron chi connectivity index (χ3n) is 10.3. The number of benzene rings is 8. The first-order chi connectivity index (χ1) is 26.2. The van der Waals surface area contributed by atoms with E-state index < -0.39 is 0 Å². The number of nitrogens with zero attached hydrogens (tertiary/aromatic N) is 4. The highest BCUT2D eigenvalue weighted by Gasteiger charge is 2.17. The Morgan fingerprint density at radius 1 is 0.358 bits per heavy atom. The Kier molecular flexibility index (Phi) is 6.48. The minimum atomic E-state index is 0.629. The van der Waals surface area contributed by atoms with Gasteiger partial charge in [-0.05, 0) is 79.0 Å². The van der Waals surface area contributed by atoms with Crippen LogP contribution in [0.5, 0.6) is 0 Å². The highest BCUT2D eigenvalue weighted by atomic mass is 16.3. The van der Waals surface area contributed by atoms with Crippen LogP contribution in [-0.4, -0.2) is 19.9 Å². The van der Waals surface area contributed by atoms with Gasteiger partial charge in [-0.15, -0.1) is 0 Å². The summed E-state index contributed by atoms with van der Waals surface area (Å²) in [6, 6.07) is 56.8. The van der Waals surface area contributed by atoms with E-state index in [1.54, 1.807) is 0 Å². The summed E-state index contributed by atoms with van der Waals surface area (Å²) in [4.78, 5) is 20.2. The summed E-state index contributed by atoms with van der Waals surface area (Å²) in [5, 5.41) is 10.2. The predicted octanol–water partition coefficient (Wildman–Crippen LogP) is 12.4. The van der Waals surface area contributed by atoms with Gasteiger partial charge in [-0.25, -0.2) is 15.0 Å². The molecule has 5 nitrogen and oxygen atoms in total. The Morgan fingerprint density at radius 2 is 0.981 bits per heavy atom. The van der Waals surface area contributed by atoms with Crippen LogP contribution in [0, 0.1) is 0 Å². The molecule has 0 aliphatic heterocycles. The largest absolute Gasteiger partial charge is 0.454 e. The van der Waals surface area contributed by atoms with E-state index in [4.69, 9.17) is 24.4 Å². The van der Waals surface area contributed by atoms with Crippen LogP contribution < -0.4 is 0 Å². The van der Waals surface area contributed by atoms with Crippen molar-refractivity contribution in [1.82, 2.24) is 19.9 Å². The van der Waals surface area contributed by atoms with Gasteiger partial charge in [0.15, 0.2) is 23.1 Å². The molecule has 0 bridgehead atoms. The first-order valence-electron chi connectivity index (χ1n) is 17.7. The molecule has 3 heterocycles. The molecule has 0 amide bonds.